The minimum Gasteiger partial charge on any atom is -0.396 e. The van der Waals surface area contributed by atoms with Crippen LogP contribution in [0, 0.1) is 5.92 Å². The molecule has 0 bridgehead atoms. The maximum absolute atomic E-state index is 8.89. The fourth-order valence-electron chi connectivity index (χ4n) is 2.27. The van der Waals surface area contributed by atoms with Crippen LogP contribution in [0.25, 0.3) is 0 Å². The summed E-state index contributed by atoms with van der Waals surface area (Å²) in [5.41, 5.74) is 1.21. The van der Waals surface area contributed by atoms with Crippen molar-refractivity contribution in [1.82, 2.24) is 9.88 Å². The molecule has 1 N–H and O–H groups in total. The van der Waals surface area contributed by atoms with E-state index in [2.05, 4.69) is 9.88 Å². The number of likely N-dealkylation sites (tertiary alicyclic amines) is 1. The van der Waals surface area contributed by atoms with Gasteiger partial charge in [-0.2, -0.15) is 0 Å². The molecule has 0 amide bonds. The van der Waals surface area contributed by atoms with Gasteiger partial charge in [0.2, 0.25) is 0 Å². The van der Waals surface area contributed by atoms with Gasteiger partial charge < -0.3 is 5.11 Å². The number of rotatable bonds is 4. The van der Waals surface area contributed by atoms with Crippen LogP contribution in [0.15, 0.2) is 18.3 Å². The summed E-state index contributed by atoms with van der Waals surface area (Å²) in [4.78, 5) is 6.38. The standard InChI is InChI=1S/C12H17ClN2O/c13-12-7-11(1-4-14-12)9-15-5-2-10(8-15)3-6-16/h1,4,7,10,16H,2-3,5-6,8-9H2. The van der Waals surface area contributed by atoms with Crippen LogP contribution >= 0.6 is 11.6 Å². The maximum atomic E-state index is 8.89. The Hall–Kier alpha value is -0.640. The number of halogens is 1. The lowest BCUT2D eigenvalue weighted by Gasteiger charge is -2.15. The fraction of sp³-hybridized carbons (Fsp3) is 0.583. The van der Waals surface area contributed by atoms with Crippen molar-refractivity contribution in [3.63, 3.8) is 0 Å². The summed E-state index contributed by atoms with van der Waals surface area (Å²) in [6.45, 7) is 3.44. The Kier molecular flexibility index (Phi) is 4.16. The van der Waals surface area contributed by atoms with Gasteiger partial charge in [-0.25, -0.2) is 4.98 Å². The number of pyridine rings is 1. The molecule has 1 aromatic heterocycles. The fourth-order valence-corrected chi connectivity index (χ4v) is 2.47. The minimum absolute atomic E-state index is 0.305. The topological polar surface area (TPSA) is 36.4 Å². The molecular weight excluding hydrogens is 224 g/mol. The monoisotopic (exact) mass is 240 g/mol. The van der Waals surface area contributed by atoms with Crippen LogP contribution in [-0.4, -0.2) is 34.7 Å². The predicted molar refractivity (Wildman–Crippen MR) is 64.3 cm³/mol. The molecular formula is C12H17ClN2O. The van der Waals surface area contributed by atoms with Crippen molar-refractivity contribution in [2.24, 2.45) is 5.92 Å². The second-order valence-electron chi connectivity index (χ2n) is 4.39. The molecule has 0 spiro atoms. The van der Waals surface area contributed by atoms with Crippen LogP contribution in [0.3, 0.4) is 0 Å². The van der Waals surface area contributed by atoms with Gasteiger partial charge in [-0.1, -0.05) is 11.6 Å². The summed E-state index contributed by atoms with van der Waals surface area (Å²) in [5.74, 6) is 0.655. The molecule has 2 heterocycles. The molecule has 1 aliphatic heterocycles. The molecule has 0 saturated carbocycles. The van der Waals surface area contributed by atoms with Gasteiger partial charge in [0.05, 0.1) is 0 Å². The van der Waals surface area contributed by atoms with Crippen LogP contribution in [0.5, 0.6) is 0 Å². The van der Waals surface area contributed by atoms with Crippen molar-refractivity contribution in [2.75, 3.05) is 19.7 Å². The smallest absolute Gasteiger partial charge is 0.129 e. The normalized spacial score (nSPS) is 21.5. The minimum atomic E-state index is 0.305. The number of aromatic nitrogens is 1. The van der Waals surface area contributed by atoms with E-state index in [1.165, 1.54) is 12.0 Å². The Morgan fingerprint density at radius 1 is 1.56 bits per heavy atom. The lowest BCUT2D eigenvalue weighted by Crippen LogP contribution is -2.20. The molecule has 4 heteroatoms. The Bertz CT molecular complexity index is 346. The van der Waals surface area contributed by atoms with Gasteiger partial charge in [0, 0.05) is 25.9 Å². The quantitative estimate of drug-likeness (QED) is 0.818. The molecule has 88 valence electrons. The lowest BCUT2D eigenvalue weighted by molar-refractivity contribution is 0.249. The number of hydrogen-bond donors (Lipinski definition) is 1. The molecule has 0 aliphatic carbocycles. The molecule has 1 saturated heterocycles. The summed E-state index contributed by atoms with van der Waals surface area (Å²) in [5, 5.41) is 9.45. The van der Waals surface area contributed by atoms with Crippen LogP contribution < -0.4 is 0 Å². The van der Waals surface area contributed by atoms with Gasteiger partial charge in [-0.15, -0.1) is 0 Å². The molecule has 1 aliphatic rings. The van der Waals surface area contributed by atoms with Crippen molar-refractivity contribution >= 4 is 11.6 Å². The van der Waals surface area contributed by atoms with E-state index >= 15 is 0 Å². The van der Waals surface area contributed by atoms with E-state index in [1.807, 2.05) is 12.1 Å². The van der Waals surface area contributed by atoms with Gasteiger partial charge in [-0.05, 0) is 43.0 Å². The third-order valence-electron chi connectivity index (χ3n) is 3.10. The highest BCUT2D eigenvalue weighted by molar-refractivity contribution is 6.29. The van der Waals surface area contributed by atoms with E-state index in [0.717, 1.165) is 26.1 Å². The summed E-state index contributed by atoms with van der Waals surface area (Å²) < 4.78 is 0. The molecule has 16 heavy (non-hydrogen) atoms. The average molecular weight is 241 g/mol. The van der Waals surface area contributed by atoms with E-state index < -0.39 is 0 Å². The number of hydrogen-bond acceptors (Lipinski definition) is 3. The van der Waals surface area contributed by atoms with E-state index in [4.69, 9.17) is 16.7 Å². The lowest BCUT2D eigenvalue weighted by atomic mass is 10.1. The van der Waals surface area contributed by atoms with Gasteiger partial charge in [0.25, 0.3) is 0 Å². The molecule has 0 radical (unpaired) electrons. The zero-order valence-corrected chi connectivity index (χ0v) is 10.0. The van der Waals surface area contributed by atoms with Crippen LogP contribution in [0.4, 0.5) is 0 Å². The number of nitrogens with zero attached hydrogens (tertiary/aromatic N) is 2. The van der Waals surface area contributed by atoms with Gasteiger partial charge in [0.15, 0.2) is 0 Å². The first-order valence-corrected chi connectivity index (χ1v) is 6.09. The second kappa shape index (κ2) is 5.62. The van der Waals surface area contributed by atoms with Crippen LogP contribution in [0.2, 0.25) is 5.15 Å². The van der Waals surface area contributed by atoms with Crippen LogP contribution in [-0.2, 0) is 6.54 Å². The first kappa shape index (κ1) is 11.8. The van der Waals surface area contributed by atoms with E-state index in [0.29, 0.717) is 17.7 Å². The first-order chi connectivity index (χ1) is 7.78. The highest BCUT2D eigenvalue weighted by Gasteiger charge is 2.21. The SMILES string of the molecule is OCCC1CCN(Cc2ccnc(Cl)c2)C1. The summed E-state index contributed by atoms with van der Waals surface area (Å²) in [6.07, 6.45) is 3.87. The highest BCUT2D eigenvalue weighted by Crippen LogP contribution is 2.21. The Labute approximate surface area is 101 Å². The van der Waals surface area contributed by atoms with E-state index in [-0.39, 0.29) is 0 Å². The number of aliphatic hydroxyl groups excluding tert-OH is 1. The largest absolute Gasteiger partial charge is 0.396 e. The molecule has 1 atom stereocenters. The molecule has 1 aromatic rings. The first-order valence-electron chi connectivity index (χ1n) is 5.71. The second-order valence-corrected chi connectivity index (χ2v) is 4.78. The van der Waals surface area contributed by atoms with Gasteiger partial charge in [0.1, 0.15) is 5.15 Å². The van der Waals surface area contributed by atoms with Crippen molar-refractivity contribution in [1.29, 1.82) is 0 Å². The average Bonchev–Trinajstić information content (AvgIpc) is 2.66. The Morgan fingerprint density at radius 3 is 3.19 bits per heavy atom. The molecule has 3 nitrogen and oxygen atoms in total. The van der Waals surface area contributed by atoms with E-state index in [9.17, 15) is 0 Å². The zero-order chi connectivity index (χ0) is 11.4. The van der Waals surface area contributed by atoms with Crippen molar-refractivity contribution < 1.29 is 5.11 Å². The summed E-state index contributed by atoms with van der Waals surface area (Å²) in [7, 11) is 0. The van der Waals surface area contributed by atoms with Crippen molar-refractivity contribution in [2.45, 2.75) is 19.4 Å². The van der Waals surface area contributed by atoms with Crippen molar-refractivity contribution in [3.8, 4) is 0 Å². The summed E-state index contributed by atoms with van der Waals surface area (Å²) >= 11 is 5.85. The molecule has 0 aromatic carbocycles. The predicted octanol–water partition coefficient (Wildman–Crippen LogP) is 1.94. The zero-order valence-electron chi connectivity index (χ0n) is 9.27. The third kappa shape index (κ3) is 3.17. The van der Waals surface area contributed by atoms with E-state index in [1.54, 1.807) is 6.20 Å². The highest BCUT2D eigenvalue weighted by atomic mass is 35.5. The number of aliphatic hydroxyl groups is 1. The molecule has 2 rings (SSSR count). The summed E-state index contributed by atoms with van der Waals surface area (Å²) in [6, 6.07) is 3.92. The third-order valence-corrected chi connectivity index (χ3v) is 3.31. The molecule has 1 fully saturated rings. The van der Waals surface area contributed by atoms with Gasteiger partial charge >= 0.3 is 0 Å². The Balaban J connectivity index is 1.87. The van der Waals surface area contributed by atoms with Crippen molar-refractivity contribution in [3.05, 3.63) is 29.0 Å². The Morgan fingerprint density at radius 2 is 2.44 bits per heavy atom. The molecule has 1 unspecified atom stereocenters. The van der Waals surface area contributed by atoms with Crippen LogP contribution in [0.1, 0.15) is 18.4 Å². The maximum Gasteiger partial charge on any atom is 0.129 e. The van der Waals surface area contributed by atoms with Gasteiger partial charge in [-0.3, -0.25) is 4.90 Å².